The van der Waals surface area contributed by atoms with Crippen LogP contribution >= 0.6 is 11.3 Å². The second-order valence-electron chi connectivity index (χ2n) is 4.56. The summed E-state index contributed by atoms with van der Waals surface area (Å²) < 4.78 is 1.91. The fourth-order valence-electron chi connectivity index (χ4n) is 2.42. The third-order valence-corrected chi connectivity index (χ3v) is 4.11. The minimum absolute atomic E-state index is 0.315. The summed E-state index contributed by atoms with van der Waals surface area (Å²) in [7, 11) is 0. The van der Waals surface area contributed by atoms with Gasteiger partial charge < -0.3 is 0 Å². The molecule has 20 heavy (non-hydrogen) atoms. The molecule has 0 saturated heterocycles. The third-order valence-electron chi connectivity index (χ3n) is 3.34. The number of fused-ring (bicyclic) bond motifs is 2. The molecule has 0 N–H and O–H groups in total. The zero-order valence-corrected chi connectivity index (χ0v) is 11.1. The molecule has 0 atom stereocenters. The first-order valence-corrected chi connectivity index (χ1v) is 6.98. The Kier molecular flexibility index (Phi) is 2.28. The number of para-hydroxylation sites is 1. The van der Waals surface area contributed by atoms with Crippen molar-refractivity contribution in [3.8, 4) is 0 Å². The highest BCUT2D eigenvalue weighted by atomic mass is 32.1. The van der Waals surface area contributed by atoms with Gasteiger partial charge in [-0.15, -0.1) is 11.3 Å². The summed E-state index contributed by atoms with van der Waals surface area (Å²) in [6, 6.07) is 7.06. The van der Waals surface area contributed by atoms with Gasteiger partial charge in [-0.2, -0.15) is 0 Å². The van der Waals surface area contributed by atoms with E-state index in [0.29, 0.717) is 17.8 Å². The average molecular weight is 283 g/mol. The number of rotatable bonds is 2. The van der Waals surface area contributed by atoms with Gasteiger partial charge in [0.2, 0.25) is 0 Å². The molecule has 4 rings (SSSR count). The molecule has 0 spiro atoms. The number of imidazole rings is 1. The molecule has 3 heterocycles. The summed E-state index contributed by atoms with van der Waals surface area (Å²) in [5, 5.41) is 1.95. The molecule has 0 bridgehead atoms. The molecule has 0 aliphatic carbocycles. The van der Waals surface area contributed by atoms with Crippen LogP contribution in [0, 0.1) is 0 Å². The number of Topliss-reactive ketones (excluding diaryl/α,β-unsaturated/α-hetero) is 1. The maximum Gasteiger partial charge on any atom is 0.299 e. The molecule has 1 amide bonds. The van der Waals surface area contributed by atoms with Gasteiger partial charge in [-0.05, 0) is 12.1 Å². The third kappa shape index (κ3) is 1.51. The van der Waals surface area contributed by atoms with Crippen LogP contribution in [0.4, 0.5) is 5.69 Å². The normalized spacial score (nSPS) is 14.3. The molecule has 0 fully saturated rings. The number of benzene rings is 1. The van der Waals surface area contributed by atoms with E-state index in [1.165, 1.54) is 16.2 Å². The number of anilines is 1. The van der Waals surface area contributed by atoms with Crippen molar-refractivity contribution in [1.29, 1.82) is 0 Å². The van der Waals surface area contributed by atoms with E-state index in [9.17, 15) is 9.59 Å². The first-order chi connectivity index (χ1) is 9.74. The van der Waals surface area contributed by atoms with Gasteiger partial charge in [-0.25, -0.2) is 4.98 Å². The summed E-state index contributed by atoms with van der Waals surface area (Å²) in [4.78, 5) is 30.8. The Morgan fingerprint density at radius 3 is 2.90 bits per heavy atom. The Morgan fingerprint density at radius 2 is 2.05 bits per heavy atom. The van der Waals surface area contributed by atoms with Crippen LogP contribution in [-0.4, -0.2) is 21.1 Å². The number of aromatic nitrogens is 2. The van der Waals surface area contributed by atoms with Gasteiger partial charge in [0, 0.05) is 17.8 Å². The second-order valence-corrected chi connectivity index (χ2v) is 5.44. The van der Waals surface area contributed by atoms with Gasteiger partial charge in [0.05, 0.1) is 23.5 Å². The average Bonchev–Trinajstić information content (AvgIpc) is 3.09. The number of amides is 1. The Morgan fingerprint density at radius 1 is 1.20 bits per heavy atom. The van der Waals surface area contributed by atoms with E-state index in [0.717, 1.165) is 10.7 Å². The molecule has 0 saturated carbocycles. The molecule has 5 nitrogen and oxygen atoms in total. The van der Waals surface area contributed by atoms with Crippen LogP contribution in [-0.2, 0) is 11.3 Å². The SMILES string of the molecule is O=C1C(=O)N(Cc2cn3ccsc3n2)c2ccccc21. The predicted molar refractivity (Wildman–Crippen MR) is 75.0 cm³/mol. The van der Waals surface area contributed by atoms with E-state index in [4.69, 9.17) is 0 Å². The number of hydrogen-bond donors (Lipinski definition) is 0. The molecule has 1 aliphatic rings. The van der Waals surface area contributed by atoms with Gasteiger partial charge in [0.25, 0.3) is 11.7 Å². The molecular formula is C14H9N3O2S. The molecule has 6 heteroatoms. The topological polar surface area (TPSA) is 54.7 Å². The largest absolute Gasteiger partial charge is 0.299 e. The van der Waals surface area contributed by atoms with E-state index >= 15 is 0 Å². The standard InChI is InChI=1S/C14H9N3O2S/c18-12-10-3-1-2-4-11(10)17(13(12)19)8-9-7-16-5-6-20-14(16)15-9/h1-7H,8H2. The van der Waals surface area contributed by atoms with Gasteiger partial charge in [-0.3, -0.25) is 18.9 Å². The predicted octanol–water partition coefficient (Wildman–Crippen LogP) is 2.13. The zero-order chi connectivity index (χ0) is 13.7. The van der Waals surface area contributed by atoms with E-state index in [-0.39, 0.29) is 0 Å². The summed E-state index contributed by atoms with van der Waals surface area (Å²) in [6.07, 6.45) is 3.80. The number of hydrogen-bond acceptors (Lipinski definition) is 4. The minimum atomic E-state index is -0.484. The van der Waals surface area contributed by atoms with Crippen molar-refractivity contribution in [3.05, 3.63) is 53.3 Å². The van der Waals surface area contributed by atoms with E-state index in [1.807, 2.05) is 28.2 Å². The van der Waals surface area contributed by atoms with E-state index in [1.54, 1.807) is 18.2 Å². The van der Waals surface area contributed by atoms with Gasteiger partial charge in [-0.1, -0.05) is 12.1 Å². The molecule has 2 aromatic heterocycles. The van der Waals surface area contributed by atoms with Crippen molar-refractivity contribution in [3.63, 3.8) is 0 Å². The summed E-state index contributed by atoms with van der Waals surface area (Å²) in [5.41, 5.74) is 1.91. The van der Waals surface area contributed by atoms with Crippen LogP contribution in [0.2, 0.25) is 0 Å². The van der Waals surface area contributed by atoms with E-state index in [2.05, 4.69) is 4.98 Å². The van der Waals surface area contributed by atoms with Gasteiger partial charge in [0.1, 0.15) is 0 Å². The monoisotopic (exact) mass is 283 g/mol. The Bertz CT molecular complexity index is 820. The highest BCUT2D eigenvalue weighted by molar-refractivity contribution is 7.15. The lowest BCUT2D eigenvalue weighted by Gasteiger charge is -2.14. The summed E-state index contributed by atoms with van der Waals surface area (Å²) >= 11 is 1.53. The number of carbonyl (C=O) groups is 2. The Hall–Kier alpha value is -2.47. The zero-order valence-electron chi connectivity index (χ0n) is 10.3. The highest BCUT2D eigenvalue weighted by Gasteiger charge is 2.35. The van der Waals surface area contributed by atoms with Gasteiger partial charge in [0.15, 0.2) is 4.96 Å². The first-order valence-electron chi connectivity index (χ1n) is 6.10. The smallest absolute Gasteiger partial charge is 0.299 e. The Labute approximate surface area is 118 Å². The number of carbonyl (C=O) groups excluding carboxylic acids is 2. The first kappa shape index (κ1) is 11.4. The van der Waals surface area contributed by atoms with E-state index < -0.39 is 11.7 Å². The molecule has 1 aromatic carbocycles. The highest BCUT2D eigenvalue weighted by Crippen LogP contribution is 2.29. The molecule has 3 aromatic rings. The maximum absolute atomic E-state index is 12.1. The van der Waals surface area contributed by atoms with Crippen LogP contribution in [0.5, 0.6) is 0 Å². The van der Waals surface area contributed by atoms with Crippen molar-refractivity contribution in [2.45, 2.75) is 6.54 Å². The van der Waals surface area contributed by atoms with Crippen LogP contribution in [0.1, 0.15) is 16.1 Å². The molecular weight excluding hydrogens is 274 g/mol. The quantitative estimate of drug-likeness (QED) is 0.677. The lowest BCUT2D eigenvalue weighted by molar-refractivity contribution is -0.114. The van der Waals surface area contributed by atoms with Crippen molar-refractivity contribution in [2.75, 3.05) is 4.90 Å². The van der Waals surface area contributed by atoms with Crippen molar-refractivity contribution < 1.29 is 9.59 Å². The maximum atomic E-state index is 12.1. The van der Waals surface area contributed by atoms with Gasteiger partial charge >= 0.3 is 0 Å². The summed E-state index contributed by atoms with van der Waals surface area (Å²) in [6.45, 7) is 0.315. The van der Waals surface area contributed by atoms with Crippen molar-refractivity contribution in [1.82, 2.24) is 9.38 Å². The molecule has 1 aliphatic heterocycles. The fourth-order valence-corrected chi connectivity index (χ4v) is 3.14. The van der Waals surface area contributed by atoms with Crippen LogP contribution in [0.15, 0.2) is 42.0 Å². The van der Waals surface area contributed by atoms with Crippen LogP contribution < -0.4 is 4.90 Å². The summed E-state index contributed by atoms with van der Waals surface area (Å²) in [5.74, 6) is -0.927. The number of nitrogens with zero attached hydrogens (tertiary/aromatic N) is 3. The van der Waals surface area contributed by atoms with Crippen molar-refractivity contribution >= 4 is 33.7 Å². The lowest BCUT2D eigenvalue weighted by Crippen LogP contribution is -2.29. The molecule has 0 radical (unpaired) electrons. The molecule has 0 unspecified atom stereocenters. The molecule has 98 valence electrons. The Balaban J connectivity index is 1.73. The minimum Gasteiger partial charge on any atom is -0.299 e. The second kappa shape index (κ2) is 4.01. The van der Waals surface area contributed by atoms with Crippen LogP contribution in [0.3, 0.4) is 0 Å². The lowest BCUT2D eigenvalue weighted by atomic mass is 10.1. The van der Waals surface area contributed by atoms with Crippen LogP contribution in [0.25, 0.3) is 4.96 Å². The fraction of sp³-hybridized carbons (Fsp3) is 0.0714. The number of thiazole rings is 1. The number of ketones is 1. The van der Waals surface area contributed by atoms with Crippen molar-refractivity contribution in [2.24, 2.45) is 0 Å².